The third kappa shape index (κ3) is 6.14. The van der Waals surface area contributed by atoms with Gasteiger partial charge in [0.15, 0.2) is 0 Å². The van der Waals surface area contributed by atoms with Gasteiger partial charge >= 0.3 is 0 Å². The van der Waals surface area contributed by atoms with Crippen molar-refractivity contribution in [2.24, 2.45) is 0 Å². The summed E-state index contributed by atoms with van der Waals surface area (Å²) in [6.45, 7) is 3.26. The Labute approximate surface area is 119 Å². The van der Waals surface area contributed by atoms with Crippen LogP contribution in [0.1, 0.15) is 39.0 Å². The first-order valence-electron chi connectivity index (χ1n) is 7.08. The van der Waals surface area contributed by atoms with Gasteiger partial charge < -0.3 is 19.7 Å². The maximum atomic E-state index is 11.8. The highest BCUT2D eigenvalue weighted by Gasteiger charge is 2.23. The number of piperidine rings is 1. The normalized spacial score (nSPS) is 16.0. The number of nitrogens with zero attached hydrogens (tertiary/aromatic N) is 1. The second kappa shape index (κ2) is 8.68. The van der Waals surface area contributed by atoms with E-state index in [9.17, 15) is 14.4 Å². The number of hydrogen-bond acceptors (Lipinski definition) is 4. The van der Waals surface area contributed by atoms with Gasteiger partial charge in [0.2, 0.25) is 11.8 Å². The van der Waals surface area contributed by atoms with Gasteiger partial charge in [-0.05, 0) is 19.8 Å². The van der Waals surface area contributed by atoms with Crippen molar-refractivity contribution in [2.75, 3.05) is 26.8 Å². The topological polar surface area (TPSA) is 75.7 Å². The minimum atomic E-state index is -0.0793. The maximum Gasteiger partial charge on any atom is 0.224 e. The summed E-state index contributed by atoms with van der Waals surface area (Å²) in [6.07, 6.45) is 2.49. The van der Waals surface area contributed by atoms with Crippen molar-refractivity contribution >= 4 is 17.6 Å². The van der Waals surface area contributed by atoms with E-state index in [1.165, 1.54) is 6.92 Å². The summed E-state index contributed by atoms with van der Waals surface area (Å²) in [5.41, 5.74) is 0. The van der Waals surface area contributed by atoms with Crippen LogP contribution < -0.4 is 5.32 Å². The summed E-state index contributed by atoms with van der Waals surface area (Å²) in [6, 6.07) is 0.112. The Bertz CT molecular complexity index is 349. The molecule has 1 aliphatic rings. The molecule has 0 spiro atoms. The van der Waals surface area contributed by atoms with Crippen molar-refractivity contribution in [1.29, 1.82) is 0 Å². The molecule has 1 aliphatic heterocycles. The fraction of sp³-hybridized carbons (Fsp3) is 0.786. The molecule has 114 valence electrons. The molecule has 6 heteroatoms. The average molecular weight is 284 g/mol. The number of carbonyl (C=O) groups excluding carboxylic acids is 3. The summed E-state index contributed by atoms with van der Waals surface area (Å²) in [4.78, 5) is 36.0. The Morgan fingerprint density at radius 3 is 2.35 bits per heavy atom. The summed E-state index contributed by atoms with van der Waals surface area (Å²) in [5.74, 6) is 0.0521. The summed E-state index contributed by atoms with van der Waals surface area (Å²) < 4.78 is 4.89. The molecule has 2 amide bonds. The van der Waals surface area contributed by atoms with E-state index in [0.29, 0.717) is 32.5 Å². The number of rotatable bonds is 7. The largest absolute Gasteiger partial charge is 0.384 e. The molecule has 0 atom stereocenters. The first-order chi connectivity index (χ1) is 9.52. The van der Waals surface area contributed by atoms with Crippen LogP contribution in [0.2, 0.25) is 0 Å². The number of hydrogen-bond donors (Lipinski definition) is 1. The second-order valence-corrected chi connectivity index (χ2v) is 5.17. The number of methoxy groups -OCH3 is 1. The molecule has 0 unspecified atom stereocenters. The molecule has 0 bridgehead atoms. The van der Waals surface area contributed by atoms with Gasteiger partial charge in [-0.3, -0.25) is 9.59 Å². The van der Waals surface area contributed by atoms with Crippen molar-refractivity contribution in [3.05, 3.63) is 0 Å². The molecule has 0 aliphatic carbocycles. The van der Waals surface area contributed by atoms with Crippen LogP contribution in [-0.2, 0) is 19.1 Å². The number of amides is 2. The molecular weight excluding hydrogens is 260 g/mol. The van der Waals surface area contributed by atoms with Crippen molar-refractivity contribution in [3.8, 4) is 0 Å². The van der Waals surface area contributed by atoms with Gasteiger partial charge in [0.1, 0.15) is 5.78 Å². The molecule has 0 aromatic rings. The highest BCUT2D eigenvalue weighted by molar-refractivity contribution is 5.83. The monoisotopic (exact) mass is 284 g/mol. The number of likely N-dealkylation sites (tertiary alicyclic amines) is 1. The molecule has 20 heavy (non-hydrogen) atoms. The van der Waals surface area contributed by atoms with Crippen LogP contribution in [0.15, 0.2) is 0 Å². The Hall–Kier alpha value is -1.43. The zero-order chi connectivity index (χ0) is 15.0. The molecule has 6 nitrogen and oxygen atoms in total. The Morgan fingerprint density at radius 1 is 1.15 bits per heavy atom. The van der Waals surface area contributed by atoms with E-state index < -0.39 is 0 Å². The minimum absolute atomic E-state index is 0.0266. The molecule has 0 aromatic heterocycles. The summed E-state index contributed by atoms with van der Waals surface area (Å²) in [7, 11) is 1.58. The molecule has 0 saturated carbocycles. The zero-order valence-corrected chi connectivity index (χ0v) is 12.3. The van der Waals surface area contributed by atoms with Gasteiger partial charge in [-0.2, -0.15) is 0 Å². The van der Waals surface area contributed by atoms with Gasteiger partial charge in [0.05, 0.1) is 13.0 Å². The number of ether oxygens (including phenoxy) is 1. The van der Waals surface area contributed by atoms with E-state index in [0.717, 1.165) is 12.8 Å². The molecule has 1 saturated heterocycles. The molecule has 0 radical (unpaired) electrons. The molecule has 1 fully saturated rings. The SMILES string of the molecule is COCCC(=O)N1CCC(NC(=O)CCC(C)=O)CC1. The first kappa shape index (κ1) is 16.6. The van der Waals surface area contributed by atoms with Crippen LogP contribution in [0, 0.1) is 0 Å². The highest BCUT2D eigenvalue weighted by Crippen LogP contribution is 2.12. The number of Topliss-reactive ketones (excluding diaryl/α,β-unsaturated/α-hetero) is 1. The van der Waals surface area contributed by atoms with E-state index in [1.54, 1.807) is 7.11 Å². The fourth-order valence-electron chi connectivity index (χ4n) is 2.21. The molecule has 0 aromatic carbocycles. The predicted molar refractivity (Wildman–Crippen MR) is 74.2 cm³/mol. The summed E-state index contributed by atoms with van der Waals surface area (Å²) >= 11 is 0. The van der Waals surface area contributed by atoms with Crippen molar-refractivity contribution in [1.82, 2.24) is 10.2 Å². The van der Waals surface area contributed by atoms with Crippen LogP contribution in [-0.4, -0.2) is 55.3 Å². The summed E-state index contributed by atoms with van der Waals surface area (Å²) in [5, 5.41) is 2.92. The van der Waals surface area contributed by atoms with Gasteiger partial charge in [-0.1, -0.05) is 0 Å². The van der Waals surface area contributed by atoms with Crippen LogP contribution in [0.25, 0.3) is 0 Å². The third-order valence-corrected chi connectivity index (χ3v) is 3.44. The first-order valence-corrected chi connectivity index (χ1v) is 7.08. The van der Waals surface area contributed by atoms with Gasteiger partial charge in [-0.15, -0.1) is 0 Å². The van der Waals surface area contributed by atoms with Gasteiger partial charge in [0, 0.05) is 39.1 Å². The van der Waals surface area contributed by atoms with E-state index >= 15 is 0 Å². The number of carbonyl (C=O) groups is 3. The maximum absolute atomic E-state index is 11.8. The lowest BCUT2D eigenvalue weighted by atomic mass is 10.0. The minimum Gasteiger partial charge on any atom is -0.384 e. The number of ketones is 1. The van der Waals surface area contributed by atoms with E-state index in [1.807, 2.05) is 4.90 Å². The average Bonchev–Trinajstić information content (AvgIpc) is 2.43. The fourth-order valence-corrected chi connectivity index (χ4v) is 2.21. The number of nitrogens with one attached hydrogen (secondary N) is 1. The lowest BCUT2D eigenvalue weighted by Gasteiger charge is -2.32. The lowest BCUT2D eigenvalue weighted by molar-refractivity contribution is -0.133. The van der Waals surface area contributed by atoms with Crippen molar-refractivity contribution in [3.63, 3.8) is 0 Å². The molecule has 1 rings (SSSR count). The third-order valence-electron chi connectivity index (χ3n) is 3.44. The lowest BCUT2D eigenvalue weighted by Crippen LogP contribution is -2.46. The standard InChI is InChI=1S/C14H24N2O4/c1-11(17)3-4-13(18)15-12-5-8-16(9-6-12)14(19)7-10-20-2/h12H,3-10H2,1-2H3,(H,15,18). The van der Waals surface area contributed by atoms with E-state index in [-0.39, 0.29) is 30.1 Å². The Morgan fingerprint density at radius 2 is 1.80 bits per heavy atom. The quantitative estimate of drug-likeness (QED) is 0.738. The van der Waals surface area contributed by atoms with Crippen LogP contribution >= 0.6 is 0 Å². The Balaban J connectivity index is 2.23. The van der Waals surface area contributed by atoms with E-state index in [4.69, 9.17) is 4.74 Å². The molecule has 1 N–H and O–H groups in total. The molecule has 1 heterocycles. The van der Waals surface area contributed by atoms with Crippen LogP contribution in [0.4, 0.5) is 0 Å². The van der Waals surface area contributed by atoms with Crippen LogP contribution in [0.3, 0.4) is 0 Å². The van der Waals surface area contributed by atoms with Gasteiger partial charge in [0.25, 0.3) is 0 Å². The van der Waals surface area contributed by atoms with Gasteiger partial charge in [-0.25, -0.2) is 0 Å². The molecular formula is C14H24N2O4. The second-order valence-electron chi connectivity index (χ2n) is 5.17. The predicted octanol–water partition coefficient (Wildman–Crippen LogP) is 0.499. The van der Waals surface area contributed by atoms with Crippen molar-refractivity contribution in [2.45, 2.75) is 45.1 Å². The van der Waals surface area contributed by atoms with Crippen molar-refractivity contribution < 1.29 is 19.1 Å². The smallest absolute Gasteiger partial charge is 0.224 e. The highest BCUT2D eigenvalue weighted by atomic mass is 16.5. The Kier molecular flexibility index (Phi) is 7.22. The van der Waals surface area contributed by atoms with Crippen LogP contribution in [0.5, 0.6) is 0 Å². The zero-order valence-electron chi connectivity index (χ0n) is 12.3. The van der Waals surface area contributed by atoms with E-state index in [2.05, 4.69) is 5.32 Å².